The summed E-state index contributed by atoms with van der Waals surface area (Å²) in [5.74, 6) is -0.545. The molecule has 2 heterocycles. The van der Waals surface area contributed by atoms with Crippen LogP contribution in [0, 0.1) is 5.82 Å². The lowest BCUT2D eigenvalue weighted by molar-refractivity contribution is 0.0287. The van der Waals surface area contributed by atoms with Crippen LogP contribution < -0.4 is 5.32 Å². The molecule has 2 unspecified atom stereocenters. The number of hydrogen-bond acceptors (Lipinski definition) is 3. The number of piperidine rings is 1. The van der Waals surface area contributed by atoms with Crippen LogP contribution >= 0.6 is 0 Å². The number of amides is 1. The minimum atomic E-state index is -0.414. The van der Waals surface area contributed by atoms with Gasteiger partial charge in [-0.3, -0.25) is 4.79 Å². The van der Waals surface area contributed by atoms with E-state index in [9.17, 15) is 14.3 Å². The number of carbonyl (C=O) groups excluding carboxylic acids is 1. The highest BCUT2D eigenvalue weighted by Gasteiger charge is 2.43. The van der Waals surface area contributed by atoms with Gasteiger partial charge in [0.25, 0.3) is 5.91 Å². The molecule has 4 nitrogen and oxygen atoms in total. The first-order valence-corrected chi connectivity index (χ1v) is 7.08. The Morgan fingerprint density at radius 2 is 2.00 bits per heavy atom. The molecular formula is C15H19FN2O2. The van der Waals surface area contributed by atoms with E-state index in [-0.39, 0.29) is 29.8 Å². The molecule has 0 aliphatic carbocycles. The van der Waals surface area contributed by atoms with Gasteiger partial charge in [-0.1, -0.05) is 6.07 Å². The molecular weight excluding hydrogens is 259 g/mol. The van der Waals surface area contributed by atoms with Crippen molar-refractivity contribution in [3.05, 3.63) is 29.6 Å². The van der Waals surface area contributed by atoms with Gasteiger partial charge in [-0.15, -0.1) is 0 Å². The Morgan fingerprint density at radius 3 is 2.60 bits per heavy atom. The summed E-state index contributed by atoms with van der Waals surface area (Å²) in [4.78, 5) is 14.6. The Kier molecular flexibility index (Phi) is 3.38. The van der Waals surface area contributed by atoms with E-state index >= 15 is 0 Å². The average molecular weight is 278 g/mol. The van der Waals surface area contributed by atoms with Crippen LogP contribution in [-0.2, 0) is 0 Å². The number of nitrogens with one attached hydrogen (secondary N) is 1. The second-order valence-electron chi connectivity index (χ2n) is 5.64. The fourth-order valence-corrected chi connectivity index (χ4v) is 3.58. The molecule has 2 atom stereocenters. The van der Waals surface area contributed by atoms with E-state index in [1.54, 1.807) is 19.2 Å². The van der Waals surface area contributed by atoms with E-state index in [0.717, 1.165) is 12.8 Å². The lowest BCUT2D eigenvalue weighted by Gasteiger charge is -2.37. The first-order chi connectivity index (χ1) is 9.61. The van der Waals surface area contributed by atoms with Crippen molar-refractivity contribution in [2.75, 3.05) is 12.4 Å². The smallest absolute Gasteiger partial charge is 0.256 e. The van der Waals surface area contributed by atoms with Crippen LogP contribution in [0.25, 0.3) is 0 Å². The van der Waals surface area contributed by atoms with E-state index in [4.69, 9.17) is 0 Å². The second kappa shape index (κ2) is 5.05. The summed E-state index contributed by atoms with van der Waals surface area (Å²) in [6.45, 7) is 0. The van der Waals surface area contributed by atoms with Crippen molar-refractivity contribution in [2.45, 2.75) is 43.9 Å². The Labute approximate surface area is 117 Å². The molecule has 0 saturated carbocycles. The Hall–Kier alpha value is -1.62. The summed E-state index contributed by atoms with van der Waals surface area (Å²) >= 11 is 0. The van der Waals surface area contributed by atoms with Crippen LogP contribution in [0.15, 0.2) is 18.2 Å². The van der Waals surface area contributed by atoms with Gasteiger partial charge in [0.2, 0.25) is 0 Å². The first kappa shape index (κ1) is 13.4. The molecule has 108 valence electrons. The topological polar surface area (TPSA) is 52.6 Å². The molecule has 20 heavy (non-hydrogen) atoms. The number of nitrogens with zero attached hydrogens (tertiary/aromatic N) is 1. The molecule has 1 aromatic carbocycles. The van der Waals surface area contributed by atoms with E-state index in [2.05, 4.69) is 5.32 Å². The summed E-state index contributed by atoms with van der Waals surface area (Å²) in [7, 11) is 1.61. The molecule has 2 fully saturated rings. The van der Waals surface area contributed by atoms with Gasteiger partial charge in [0.05, 0.1) is 17.4 Å². The lowest BCUT2D eigenvalue weighted by Crippen LogP contribution is -2.48. The first-order valence-electron chi connectivity index (χ1n) is 7.08. The van der Waals surface area contributed by atoms with Gasteiger partial charge in [0, 0.05) is 19.1 Å². The zero-order valence-corrected chi connectivity index (χ0v) is 11.5. The van der Waals surface area contributed by atoms with Crippen LogP contribution in [0.5, 0.6) is 0 Å². The molecule has 3 rings (SSSR count). The largest absolute Gasteiger partial charge is 0.393 e. The van der Waals surface area contributed by atoms with E-state index in [1.807, 2.05) is 4.90 Å². The highest BCUT2D eigenvalue weighted by molar-refractivity contribution is 6.00. The fraction of sp³-hybridized carbons (Fsp3) is 0.533. The third kappa shape index (κ3) is 2.06. The quantitative estimate of drug-likeness (QED) is 0.870. The zero-order chi connectivity index (χ0) is 14.3. The highest BCUT2D eigenvalue weighted by Crippen LogP contribution is 2.37. The summed E-state index contributed by atoms with van der Waals surface area (Å²) in [6.07, 6.45) is 2.81. The number of carbonyl (C=O) groups is 1. The van der Waals surface area contributed by atoms with Crippen LogP contribution in [0.2, 0.25) is 0 Å². The summed E-state index contributed by atoms with van der Waals surface area (Å²) in [5.41, 5.74) is 0.629. The maximum absolute atomic E-state index is 13.8. The Morgan fingerprint density at radius 1 is 1.35 bits per heavy atom. The minimum absolute atomic E-state index is 0.0872. The number of aliphatic hydroxyl groups excluding tert-OH is 1. The average Bonchev–Trinajstić information content (AvgIpc) is 2.70. The lowest BCUT2D eigenvalue weighted by atomic mass is 9.98. The Bertz CT molecular complexity index is 521. The number of fused-ring (bicyclic) bond motifs is 2. The van der Waals surface area contributed by atoms with Gasteiger partial charge in [-0.2, -0.15) is 0 Å². The number of para-hydroxylation sites is 1. The van der Waals surface area contributed by atoms with Crippen LogP contribution in [0.3, 0.4) is 0 Å². The molecule has 2 saturated heterocycles. The predicted octanol–water partition coefficient (Wildman–Crippen LogP) is 2.00. The van der Waals surface area contributed by atoms with Crippen molar-refractivity contribution in [3.8, 4) is 0 Å². The molecule has 2 aliphatic heterocycles. The zero-order valence-electron chi connectivity index (χ0n) is 11.5. The maximum Gasteiger partial charge on any atom is 0.256 e. The van der Waals surface area contributed by atoms with Gasteiger partial charge in [0.15, 0.2) is 0 Å². The van der Waals surface area contributed by atoms with Gasteiger partial charge >= 0.3 is 0 Å². The van der Waals surface area contributed by atoms with Gasteiger partial charge in [0.1, 0.15) is 5.82 Å². The third-order valence-corrected chi connectivity index (χ3v) is 4.44. The monoisotopic (exact) mass is 278 g/mol. The summed E-state index contributed by atoms with van der Waals surface area (Å²) in [5, 5.41) is 12.6. The van der Waals surface area contributed by atoms with Crippen molar-refractivity contribution >= 4 is 11.6 Å². The third-order valence-electron chi connectivity index (χ3n) is 4.44. The van der Waals surface area contributed by atoms with Gasteiger partial charge in [-0.05, 0) is 37.8 Å². The van der Waals surface area contributed by atoms with E-state index in [1.165, 1.54) is 6.07 Å². The van der Waals surface area contributed by atoms with Crippen molar-refractivity contribution in [1.82, 2.24) is 4.90 Å². The number of halogens is 1. The SMILES string of the molecule is CNc1c(F)cccc1C(=O)N1C2CCC1CC(O)C2. The van der Waals surface area contributed by atoms with Crippen molar-refractivity contribution in [2.24, 2.45) is 0 Å². The maximum atomic E-state index is 13.8. The number of anilines is 1. The molecule has 5 heteroatoms. The van der Waals surface area contributed by atoms with E-state index < -0.39 is 5.82 Å². The normalized spacial score (nSPS) is 28.6. The minimum Gasteiger partial charge on any atom is -0.393 e. The molecule has 1 aromatic rings. The van der Waals surface area contributed by atoms with Crippen molar-refractivity contribution in [3.63, 3.8) is 0 Å². The molecule has 2 N–H and O–H groups in total. The molecule has 1 amide bonds. The predicted molar refractivity (Wildman–Crippen MR) is 74.2 cm³/mol. The molecule has 2 aliphatic rings. The number of aliphatic hydroxyl groups is 1. The van der Waals surface area contributed by atoms with Crippen molar-refractivity contribution < 1.29 is 14.3 Å². The van der Waals surface area contributed by atoms with Crippen molar-refractivity contribution in [1.29, 1.82) is 0 Å². The van der Waals surface area contributed by atoms with Gasteiger partial charge in [-0.25, -0.2) is 4.39 Å². The summed E-state index contributed by atoms with van der Waals surface area (Å²) in [6, 6.07) is 4.73. The highest BCUT2D eigenvalue weighted by atomic mass is 19.1. The second-order valence-corrected chi connectivity index (χ2v) is 5.64. The molecule has 0 aromatic heterocycles. The number of rotatable bonds is 2. The van der Waals surface area contributed by atoms with Crippen LogP contribution in [0.1, 0.15) is 36.0 Å². The molecule has 2 bridgehead atoms. The fourth-order valence-electron chi connectivity index (χ4n) is 3.58. The summed E-state index contributed by atoms with van der Waals surface area (Å²) < 4.78 is 13.8. The number of benzene rings is 1. The van der Waals surface area contributed by atoms with Gasteiger partial charge < -0.3 is 15.3 Å². The molecule has 0 radical (unpaired) electrons. The number of hydrogen-bond donors (Lipinski definition) is 2. The molecule has 0 spiro atoms. The Balaban J connectivity index is 1.92. The van der Waals surface area contributed by atoms with Crippen LogP contribution in [-0.4, -0.2) is 41.1 Å². The van der Waals surface area contributed by atoms with Crippen LogP contribution in [0.4, 0.5) is 10.1 Å². The standard InChI is InChI=1S/C15H19FN2O2/c1-17-14-12(3-2-4-13(14)16)15(20)18-9-5-6-10(18)8-11(19)7-9/h2-4,9-11,17,19H,5-8H2,1H3. The van der Waals surface area contributed by atoms with E-state index in [0.29, 0.717) is 18.4 Å².